The number of aldehydes is 1. The predicted octanol–water partition coefficient (Wildman–Crippen LogP) is -0.0940. The quantitative estimate of drug-likeness (QED) is 0.306. The van der Waals surface area contributed by atoms with E-state index in [0.29, 0.717) is 0 Å². The van der Waals surface area contributed by atoms with Crippen LogP contribution in [0.5, 0.6) is 0 Å². The van der Waals surface area contributed by atoms with Crippen LogP contribution in [0.25, 0.3) is 0 Å². The Labute approximate surface area is 61.0 Å². The maximum absolute atomic E-state index is 10.1. The van der Waals surface area contributed by atoms with Gasteiger partial charge >= 0.3 is 0 Å². The highest BCUT2D eigenvalue weighted by molar-refractivity contribution is 5.62. The largest absolute Gasteiger partial charge is 0.385 e. The number of methoxy groups -OCH3 is 1. The second-order valence-corrected chi connectivity index (χ2v) is 2.54. The molecule has 2 atom stereocenters. The first-order valence-corrected chi connectivity index (χ1v) is 3.56. The van der Waals surface area contributed by atoms with Crippen LogP contribution in [0.1, 0.15) is 6.42 Å². The molecular formula is C7H13NO2. The second-order valence-electron chi connectivity index (χ2n) is 2.54. The molecule has 0 N–H and O–H groups in total. The Morgan fingerprint density at radius 2 is 2.60 bits per heavy atom. The van der Waals surface area contributed by atoms with Gasteiger partial charge in [0.1, 0.15) is 6.29 Å². The summed E-state index contributed by atoms with van der Waals surface area (Å²) in [5, 5.41) is 0. The Bertz CT molecular complexity index is 116. The van der Waals surface area contributed by atoms with Gasteiger partial charge in [0, 0.05) is 26.8 Å². The van der Waals surface area contributed by atoms with Gasteiger partial charge in [-0.3, -0.25) is 4.90 Å². The summed E-state index contributed by atoms with van der Waals surface area (Å²) in [6.45, 7) is 2.74. The summed E-state index contributed by atoms with van der Waals surface area (Å²) in [6, 6.07) is 0.219. The van der Waals surface area contributed by atoms with Crippen LogP contribution in [-0.2, 0) is 9.53 Å². The predicted molar refractivity (Wildman–Crippen MR) is 37.9 cm³/mol. The third-order valence-electron chi connectivity index (χ3n) is 1.71. The molecule has 1 fully saturated rings. The fourth-order valence-corrected chi connectivity index (χ4v) is 0.991. The van der Waals surface area contributed by atoms with Crippen LogP contribution in [0, 0.1) is 0 Å². The van der Waals surface area contributed by atoms with Gasteiger partial charge in [-0.15, -0.1) is 0 Å². The summed E-state index contributed by atoms with van der Waals surface area (Å²) in [4.78, 5) is 12.3. The number of nitrogens with zero attached hydrogens (tertiary/aromatic N) is 1. The molecule has 1 saturated heterocycles. The molecule has 0 aromatic carbocycles. The van der Waals surface area contributed by atoms with Crippen LogP contribution in [0.2, 0.25) is 0 Å². The molecule has 10 heavy (non-hydrogen) atoms. The van der Waals surface area contributed by atoms with Crippen molar-refractivity contribution in [3.8, 4) is 0 Å². The van der Waals surface area contributed by atoms with Crippen molar-refractivity contribution in [3.05, 3.63) is 0 Å². The van der Waals surface area contributed by atoms with Crippen LogP contribution in [0.3, 0.4) is 0 Å². The molecule has 0 spiro atoms. The maximum Gasteiger partial charge on any atom is 0.138 e. The standard InChI is InChI=1S/C7H13NO2/c1-10-4-2-3-8-5-7(8)6-9/h6-7H,2-5H2,1H3/t7-,8?/m1/s1. The second kappa shape index (κ2) is 3.68. The van der Waals surface area contributed by atoms with Crippen LogP contribution in [0.4, 0.5) is 0 Å². The van der Waals surface area contributed by atoms with E-state index in [9.17, 15) is 4.79 Å². The van der Waals surface area contributed by atoms with Crippen molar-refractivity contribution in [1.29, 1.82) is 0 Å². The molecule has 0 amide bonds. The van der Waals surface area contributed by atoms with Crippen LogP contribution in [0.15, 0.2) is 0 Å². The summed E-state index contributed by atoms with van der Waals surface area (Å²) < 4.78 is 4.87. The van der Waals surface area contributed by atoms with Gasteiger partial charge in [0.15, 0.2) is 0 Å². The molecule has 1 unspecified atom stereocenters. The van der Waals surface area contributed by atoms with Crippen molar-refractivity contribution in [1.82, 2.24) is 4.90 Å². The first kappa shape index (κ1) is 7.69. The molecule has 0 bridgehead atoms. The molecule has 58 valence electrons. The van der Waals surface area contributed by atoms with Crippen molar-refractivity contribution < 1.29 is 9.53 Å². The average molecular weight is 143 g/mol. The zero-order valence-electron chi connectivity index (χ0n) is 6.25. The van der Waals surface area contributed by atoms with Crippen LogP contribution in [-0.4, -0.2) is 44.0 Å². The van der Waals surface area contributed by atoms with E-state index in [-0.39, 0.29) is 6.04 Å². The number of carbonyl (C=O) groups excluding carboxylic acids is 1. The molecule has 1 rings (SSSR count). The Morgan fingerprint density at radius 1 is 1.80 bits per heavy atom. The Hall–Kier alpha value is -0.410. The molecule has 0 radical (unpaired) electrons. The highest BCUT2D eigenvalue weighted by Crippen LogP contribution is 2.13. The number of ether oxygens (including phenoxy) is 1. The molecule has 0 aromatic rings. The van der Waals surface area contributed by atoms with Gasteiger partial charge in [-0.1, -0.05) is 0 Å². The fraction of sp³-hybridized carbons (Fsp3) is 0.857. The molecule has 1 aliphatic rings. The number of rotatable bonds is 5. The summed E-state index contributed by atoms with van der Waals surface area (Å²) in [5.41, 5.74) is 0. The van der Waals surface area contributed by atoms with Gasteiger partial charge < -0.3 is 9.53 Å². The molecule has 3 heteroatoms. The van der Waals surface area contributed by atoms with Crippen molar-refractivity contribution in [3.63, 3.8) is 0 Å². The minimum atomic E-state index is 0.219. The Kier molecular flexibility index (Phi) is 2.83. The summed E-state index contributed by atoms with van der Waals surface area (Å²) in [6.07, 6.45) is 2.04. The monoisotopic (exact) mass is 143 g/mol. The van der Waals surface area contributed by atoms with Gasteiger partial charge in [-0.05, 0) is 6.42 Å². The molecule has 0 aliphatic carbocycles. The first-order valence-electron chi connectivity index (χ1n) is 3.56. The minimum Gasteiger partial charge on any atom is -0.385 e. The van der Waals surface area contributed by atoms with E-state index < -0.39 is 0 Å². The van der Waals surface area contributed by atoms with E-state index in [1.807, 2.05) is 0 Å². The molecule has 0 aromatic heterocycles. The van der Waals surface area contributed by atoms with Crippen molar-refractivity contribution in [2.45, 2.75) is 12.5 Å². The zero-order chi connectivity index (χ0) is 7.40. The SMILES string of the molecule is COCCCN1C[C@@H]1C=O. The van der Waals surface area contributed by atoms with Crippen LogP contribution < -0.4 is 0 Å². The van der Waals surface area contributed by atoms with Gasteiger partial charge in [0.2, 0.25) is 0 Å². The third kappa shape index (κ3) is 2.08. The molecule has 0 saturated carbocycles. The van der Waals surface area contributed by atoms with E-state index in [2.05, 4.69) is 4.90 Å². The molecule has 3 nitrogen and oxygen atoms in total. The van der Waals surface area contributed by atoms with Gasteiger partial charge in [-0.25, -0.2) is 0 Å². The Balaban J connectivity index is 1.91. The van der Waals surface area contributed by atoms with Gasteiger partial charge in [0.05, 0.1) is 6.04 Å². The average Bonchev–Trinajstić information content (AvgIpc) is 2.68. The Morgan fingerprint density at radius 3 is 3.10 bits per heavy atom. The van der Waals surface area contributed by atoms with Crippen molar-refractivity contribution >= 4 is 6.29 Å². The first-order chi connectivity index (χ1) is 4.88. The van der Waals surface area contributed by atoms with Crippen molar-refractivity contribution in [2.24, 2.45) is 0 Å². The summed E-state index contributed by atoms with van der Waals surface area (Å²) in [5.74, 6) is 0. The van der Waals surface area contributed by atoms with E-state index in [1.54, 1.807) is 7.11 Å². The molecule has 1 heterocycles. The number of hydrogen-bond donors (Lipinski definition) is 0. The number of hydrogen-bond acceptors (Lipinski definition) is 3. The summed E-state index contributed by atoms with van der Waals surface area (Å²) >= 11 is 0. The highest BCUT2D eigenvalue weighted by atomic mass is 16.5. The molecule has 1 aliphatic heterocycles. The fourth-order valence-electron chi connectivity index (χ4n) is 0.991. The van der Waals surface area contributed by atoms with E-state index in [4.69, 9.17) is 4.74 Å². The lowest BCUT2D eigenvalue weighted by molar-refractivity contribution is -0.108. The van der Waals surface area contributed by atoms with E-state index >= 15 is 0 Å². The normalized spacial score (nSPS) is 30.1. The third-order valence-corrected chi connectivity index (χ3v) is 1.71. The maximum atomic E-state index is 10.1. The van der Waals surface area contributed by atoms with Crippen LogP contribution >= 0.6 is 0 Å². The number of carbonyl (C=O) groups is 1. The topological polar surface area (TPSA) is 29.3 Å². The lowest BCUT2D eigenvalue weighted by atomic mass is 10.4. The zero-order valence-corrected chi connectivity index (χ0v) is 6.25. The minimum absolute atomic E-state index is 0.219. The van der Waals surface area contributed by atoms with E-state index in [0.717, 1.165) is 32.4 Å². The smallest absolute Gasteiger partial charge is 0.138 e. The molecular weight excluding hydrogens is 130 g/mol. The van der Waals surface area contributed by atoms with Crippen molar-refractivity contribution in [2.75, 3.05) is 26.8 Å². The lowest BCUT2D eigenvalue weighted by Gasteiger charge is -1.98. The van der Waals surface area contributed by atoms with E-state index in [1.165, 1.54) is 0 Å². The highest BCUT2D eigenvalue weighted by Gasteiger charge is 2.32. The van der Waals surface area contributed by atoms with Gasteiger partial charge in [0.25, 0.3) is 0 Å². The lowest BCUT2D eigenvalue weighted by Crippen LogP contribution is -2.06. The summed E-state index contributed by atoms with van der Waals surface area (Å²) in [7, 11) is 1.69. The van der Waals surface area contributed by atoms with Gasteiger partial charge in [-0.2, -0.15) is 0 Å².